The Morgan fingerprint density at radius 2 is 1.21 bits per heavy atom. The highest BCUT2D eigenvalue weighted by Gasteiger charge is 2.29. The first-order chi connectivity index (χ1) is 11.3. The van der Waals surface area contributed by atoms with E-state index in [-0.39, 0.29) is 11.2 Å². The summed E-state index contributed by atoms with van der Waals surface area (Å²) in [5.41, 5.74) is -0.193. The van der Waals surface area contributed by atoms with Crippen LogP contribution in [0.25, 0.3) is 0 Å². The number of hydrogen-bond acceptors (Lipinski definition) is 2. The van der Waals surface area contributed by atoms with Gasteiger partial charge in [-0.15, -0.1) is 0 Å². The van der Waals surface area contributed by atoms with Crippen LogP contribution in [0.2, 0.25) is 13.1 Å². The van der Waals surface area contributed by atoms with Crippen molar-refractivity contribution in [3.8, 4) is 0 Å². The van der Waals surface area contributed by atoms with E-state index in [2.05, 4.69) is 77.2 Å². The van der Waals surface area contributed by atoms with Crippen molar-refractivity contribution >= 4 is 16.6 Å². The fraction of sp³-hybridized carbons (Fsp3) is 0.600. The van der Waals surface area contributed by atoms with Gasteiger partial charge in [0.1, 0.15) is 0 Å². The van der Waals surface area contributed by atoms with Crippen LogP contribution in [-0.4, -0.2) is 41.0 Å². The smallest absolute Gasteiger partial charge is 0.0871 e. The van der Waals surface area contributed by atoms with E-state index in [4.69, 9.17) is 9.47 Å². The maximum Gasteiger partial charge on any atom is 0.0871 e. The summed E-state index contributed by atoms with van der Waals surface area (Å²) in [6.07, 6.45) is 16.2. The van der Waals surface area contributed by atoms with E-state index < -0.39 is 16.6 Å². The number of allylic oxidation sites excluding steroid dienone is 4. The van der Waals surface area contributed by atoms with Crippen molar-refractivity contribution in [2.75, 3.05) is 13.2 Å². The molecule has 0 N–H and O–H groups in total. The second kappa shape index (κ2) is 8.13. The topological polar surface area (TPSA) is 18.5 Å². The lowest BCUT2D eigenvalue weighted by Crippen LogP contribution is -2.37. The third-order valence-electron chi connectivity index (χ3n) is 5.49. The summed E-state index contributed by atoms with van der Waals surface area (Å²) in [4.78, 5) is 0. The molecule has 0 saturated heterocycles. The Hall–Kier alpha value is -0.686. The van der Waals surface area contributed by atoms with Crippen LogP contribution < -0.4 is 0 Å². The molecule has 0 saturated carbocycles. The van der Waals surface area contributed by atoms with E-state index in [1.807, 2.05) is 0 Å². The molecular weight excluding hydrogens is 328 g/mol. The average Bonchev–Trinajstić information content (AvgIpc) is 2.55. The second-order valence-corrected chi connectivity index (χ2v) is 18.0. The Labute approximate surface area is 151 Å². The van der Waals surface area contributed by atoms with Crippen molar-refractivity contribution in [1.82, 2.24) is 0 Å². The van der Waals surface area contributed by atoms with Crippen molar-refractivity contribution in [3.63, 3.8) is 0 Å². The molecule has 0 heterocycles. The van der Waals surface area contributed by atoms with E-state index in [0.717, 1.165) is 26.1 Å². The predicted octanol–water partition coefficient (Wildman–Crippen LogP) is 4.22. The first-order valence-corrected chi connectivity index (χ1v) is 15.5. The van der Waals surface area contributed by atoms with Crippen molar-refractivity contribution in [2.45, 2.75) is 64.8 Å². The normalized spacial score (nSPS) is 32.2. The van der Waals surface area contributed by atoms with E-state index in [1.165, 1.54) is 0 Å². The molecule has 2 nitrogen and oxygen atoms in total. The van der Waals surface area contributed by atoms with Gasteiger partial charge in [-0.05, 0) is 40.5 Å². The lowest BCUT2D eigenvalue weighted by atomic mass is 9.97. The van der Waals surface area contributed by atoms with Crippen LogP contribution in [0.4, 0.5) is 0 Å². The molecule has 2 aliphatic carbocycles. The van der Waals surface area contributed by atoms with Gasteiger partial charge in [-0.1, -0.05) is 59.9 Å². The first-order valence-electron chi connectivity index (χ1n) is 9.39. The van der Waals surface area contributed by atoms with Crippen LogP contribution in [0.3, 0.4) is 0 Å². The van der Waals surface area contributed by atoms with Gasteiger partial charge in [0.2, 0.25) is 0 Å². The molecule has 4 heteroatoms. The number of ether oxygens (including phenoxy) is 2. The minimum atomic E-state index is -0.891. The van der Waals surface area contributed by atoms with Gasteiger partial charge in [-0.25, -0.2) is 0 Å². The summed E-state index contributed by atoms with van der Waals surface area (Å²) >= 11 is 0. The van der Waals surface area contributed by atoms with Gasteiger partial charge in [0.15, 0.2) is 0 Å². The summed E-state index contributed by atoms with van der Waals surface area (Å²) in [5, 5.41) is 3.25. The standard InChI is InChI=1S/C20H34O2Si2/c1-7-21-19(3)13-9-17(10-14-19)23(5)24(6)18-11-15-20(4,16-12-18)22-8-2/h9-13,15,23-24H,7-8,14,16H2,1-6H3. The maximum atomic E-state index is 5.88. The van der Waals surface area contributed by atoms with Gasteiger partial charge in [-0.2, -0.15) is 0 Å². The molecule has 0 bridgehead atoms. The number of rotatable bonds is 7. The maximum absolute atomic E-state index is 5.88. The van der Waals surface area contributed by atoms with Crippen molar-refractivity contribution in [1.29, 1.82) is 0 Å². The molecule has 2 aliphatic rings. The van der Waals surface area contributed by atoms with Crippen molar-refractivity contribution in [2.24, 2.45) is 0 Å². The molecule has 0 spiro atoms. The molecule has 0 amide bonds. The molecule has 4 unspecified atom stereocenters. The van der Waals surface area contributed by atoms with Crippen LogP contribution >= 0.6 is 0 Å². The zero-order chi connectivity index (χ0) is 17.8. The molecule has 0 aliphatic heterocycles. The average molecular weight is 363 g/mol. The van der Waals surface area contributed by atoms with Crippen LogP contribution in [0.1, 0.15) is 40.5 Å². The molecule has 0 aromatic carbocycles. The van der Waals surface area contributed by atoms with Crippen LogP contribution in [0, 0.1) is 0 Å². The van der Waals surface area contributed by atoms with Gasteiger partial charge in [0.25, 0.3) is 0 Å². The van der Waals surface area contributed by atoms with E-state index >= 15 is 0 Å². The lowest BCUT2D eigenvalue weighted by molar-refractivity contribution is 0.0149. The lowest BCUT2D eigenvalue weighted by Gasteiger charge is -2.32. The number of hydrogen-bond donors (Lipinski definition) is 0. The summed E-state index contributed by atoms with van der Waals surface area (Å²) in [6, 6.07) is 0. The zero-order valence-electron chi connectivity index (χ0n) is 16.3. The molecule has 0 radical (unpaired) electrons. The summed E-state index contributed by atoms with van der Waals surface area (Å²) in [5.74, 6) is 0. The van der Waals surface area contributed by atoms with E-state index in [0.29, 0.717) is 0 Å². The highest BCUT2D eigenvalue weighted by atomic mass is 29.2. The Morgan fingerprint density at radius 3 is 1.46 bits per heavy atom. The highest BCUT2D eigenvalue weighted by molar-refractivity contribution is 7.27. The Bertz CT molecular complexity index is 514. The monoisotopic (exact) mass is 362 g/mol. The fourth-order valence-corrected chi connectivity index (χ4v) is 11.5. The first kappa shape index (κ1) is 19.6. The summed E-state index contributed by atoms with van der Waals surface area (Å²) in [6.45, 7) is 15.1. The zero-order valence-corrected chi connectivity index (χ0v) is 18.6. The Balaban J connectivity index is 2.00. The molecule has 4 atom stereocenters. The van der Waals surface area contributed by atoms with Crippen LogP contribution in [0.5, 0.6) is 0 Å². The molecule has 134 valence electrons. The van der Waals surface area contributed by atoms with Crippen LogP contribution in [-0.2, 0) is 9.47 Å². The van der Waals surface area contributed by atoms with Gasteiger partial charge in [-0.3, -0.25) is 0 Å². The Kier molecular flexibility index (Phi) is 6.65. The minimum Gasteiger partial charge on any atom is -0.371 e. The molecule has 0 aromatic heterocycles. The fourth-order valence-electron chi connectivity index (χ4n) is 3.58. The largest absolute Gasteiger partial charge is 0.371 e. The van der Waals surface area contributed by atoms with Gasteiger partial charge in [0, 0.05) is 13.2 Å². The van der Waals surface area contributed by atoms with Crippen molar-refractivity contribution in [3.05, 3.63) is 46.8 Å². The second-order valence-electron chi connectivity index (χ2n) is 7.55. The molecule has 2 rings (SSSR count). The summed E-state index contributed by atoms with van der Waals surface area (Å²) in [7, 11) is -1.78. The van der Waals surface area contributed by atoms with Gasteiger partial charge >= 0.3 is 0 Å². The van der Waals surface area contributed by atoms with E-state index in [9.17, 15) is 0 Å². The van der Waals surface area contributed by atoms with Crippen molar-refractivity contribution < 1.29 is 9.47 Å². The predicted molar refractivity (Wildman–Crippen MR) is 110 cm³/mol. The minimum absolute atomic E-state index is 0.0967. The molecular formula is C20H34O2Si2. The van der Waals surface area contributed by atoms with Gasteiger partial charge < -0.3 is 9.47 Å². The SMILES string of the molecule is CCOC1(C)C=CC([SiH](C)[SiH](C)C2=CCC(C)(OCC)C=C2)=CC1. The Morgan fingerprint density at radius 1 is 0.833 bits per heavy atom. The third kappa shape index (κ3) is 4.69. The highest BCUT2D eigenvalue weighted by Crippen LogP contribution is 2.29. The van der Waals surface area contributed by atoms with E-state index in [1.54, 1.807) is 10.4 Å². The molecule has 0 aromatic rings. The third-order valence-corrected chi connectivity index (χ3v) is 16.8. The summed E-state index contributed by atoms with van der Waals surface area (Å²) < 4.78 is 11.8. The van der Waals surface area contributed by atoms with Gasteiger partial charge in [0.05, 0.1) is 27.8 Å². The molecule has 24 heavy (non-hydrogen) atoms. The van der Waals surface area contributed by atoms with Crippen LogP contribution in [0.15, 0.2) is 46.8 Å². The quantitative estimate of drug-likeness (QED) is 0.631. The molecule has 0 fully saturated rings.